The van der Waals surface area contributed by atoms with Crippen molar-refractivity contribution in [2.24, 2.45) is 5.41 Å². The third kappa shape index (κ3) is 3.82. The number of methoxy groups -OCH3 is 2. The largest absolute Gasteiger partial charge is 0.500 e. The van der Waals surface area contributed by atoms with Crippen LogP contribution in [0.1, 0.15) is 47.1 Å². The van der Waals surface area contributed by atoms with Crippen LogP contribution in [0.3, 0.4) is 0 Å². The van der Waals surface area contributed by atoms with Crippen molar-refractivity contribution in [1.82, 2.24) is 4.98 Å². The van der Waals surface area contributed by atoms with Crippen molar-refractivity contribution in [3.8, 4) is 5.88 Å². The lowest BCUT2D eigenvalue weighted by atomic mass is 9.77. The highest BCUT2D eigenvalue weighted by atomic mass is 16.7. The van der Waals surface area contributed by atoms with Crippen LogP contribution in [0.4, 0.5) is 0 Å². The van der Waals surface area contributed by atoms with E-state index in [1.54, 1.807) is 13.3 Å². The van der Waals surface area contributed by atoms with Gasteiger partial charge in [0, 0.05) is 11.7 Å². The molecule has 0 radical (unpaired) electrons. The number of hydrogen-bond donors (Lipinski definition) is 0. The van der Waals surface area contributed by atoms with Crippen molar-refractivity contribution in [2.75, 3.05) is 14.2 Å². The Morgan fingerprint density at radius 1 is 1.20 bits per heavy atom. The van der Waals surface area contributed by atoms with Crippen molar-refractivity contribution in [1.29, 1.82) is 0 Å². The van der Waals surface area contributed by atoms with Crippen LogP contribution in [-0.2, 0) is 25.3 Å². The van der Waals surface area contributed by atoms with Gasteiger partial charge in [0.05, 0.1) is 30.8 Å². The molecular formula is C18H28BNO5. The summed E-state index contributed by atoms with van der Waals surface area (Å²) < 4.78 is 22.5. The SMILES string of the molecule is COC(=O)C(C)(C)Cc1cnc(OC)c(B2OC(C)(C)C(C)(C)O2)c1. The number of pyridine rings is 1. The lowest BCUT2D eigenvalue weighted by Crippen LogP contribution is -2.41. The van der Waals surface area contributed by atoms with Crippen LogP contribution in [0.25, 0.3) is 0 Å². The molecule has 0 aromatic carbocycles. The number of aromatic nitrogens is 1. The molecule has 6 nitrogen and oxygen atoms in total. The van der Waals surface area contributed by atoms with Gasteiger partial charge in [0.25, 0.3) is 0 Å². The smallest absolute Gasteiger partial charge is 0.481 e. The molecule has 1 saturated heterocycles. The molecule has 2 rings (SSSR count). The molecule has 1 aromatic heterocycles. The Kier molecular flexibility index (Phi) is 5.22. The average Bonchev–Trinajstić information content (AvgIpc) is 2.74. The standard InChI is InChI=1S/C18H28BNO5/c1-16(2,15(21)23-8)10-12-9-13(14(22-7)20-11-12)19-24-17(3,4)18(5,6)25-19/h9,11H,10H2,1-8H3. The third-order valence-corrected chi connectivity index (χ3v) is 5.02. The highest BCUT2D eigenvalue weighted by Gasteiger charge is 2.52. The highest BCUT2D eigenvalue weighted by Crippen LogP contribution is 2.37. The van der Waals surface area contributed by atoms with Gasteiger partial charge < -0.3 is 18.8 Å². The van der Waals surface area contributed by atoms with Crippen LogP contribution in [-0.4, -0.2) is 43.5 Å². The summed E-state index contributed by atoms with van der Waals surface area (Å²) in [6, 6.07) is 1.93. The molecule has 1 aliphatic rings. The number of esters is 1. The summed E-state index contributed by atoms with van der Waals surface area (Å²) in [5.41, 5.74) is 0.0480. The fourth-order valence-electron chi connectivity index (χ4n) is 2.78. The Labute approximate surface area is 150 Å². The van der Waals surface area contributed by atoms with E-state index in [9.17, 15) is 4.79 Å². The van der Waals surface area contributed by atoms with E-state index < -0.39 is 23.7 Å². The maximum absolute atomic E-state index is 12.0. The molecule has 0 saturated carbocycles. The molecule has 0 aliphatic carbocycles. The minimum absolute atomic E-state index is 0.263. The van der Waals surface area contributed by atoms with Crippen molar-refractivity contribution in [2.45, 2.75) is 59.2 Å². The molecule has 0 atom stereocenters. The molecule has 0 N–H and O–H groups in total. The monoisotopic (exact) mass is 349 g/mol. The average molecular weight is 349 g/mol. The second-order valence-electron chi connectivity index (χ2n) is 8.08. The van der Waals surface area contributed by atoms with Gasteiger partial charge in [-0.2, -0.15) is 0 Å². The molecule has 1 aromatic rings. The summed E-state index contributed by atoms with van der Waals surface area (Å²) >= 11 is 0. The van der Waals surface area contributed by atoms with Crippen LogP contribution >= 0.6 is 0 Å². The normalized spacial score (nSPS) is 19.0. The number of nitrogens with zero attached hydrogens (tertiary/aromatic N) is 1. The number of hydrogen-bond acceptors (Lipinski definition) is 6. The fourth-order valence-corrected chi connectivity index (χ4v) is 2.78. The lowest BCUT2D eigenvalue weighted by Gasteiger charge is -2.32. The van der Waals surface area contributed by atoms with Gasteiger partial charge in [-0.3, -0.25) is 4.79 Å². The molecule has 7 heteroatoms. The lowest BCUT2D eigenvalue weighted by molar-refractivity contribution is -0.150. The van der Waals surface area contributed by atoms with Crippen LogP contribution in [0.5, 0.6) is 5.88 Å². The molecule has 25 heavy (non-hydrogen) atoms. The maximum Gasteiger partial charge on any atom is 0.500 e. The van der Waals surface area contributed by atoms with Crippen LogP contribution in [0.15, 0.2) is 12.3 Å². The van der Waals surface area contributed by atoms with Crippen molar-refractivity contribution in [3.63, 3.8) is 0 Å². The summed E-state index contributed by atoms with van der Waals surface area (Å²) in [6.07, 6.45) is 2.20. The quantitative estimate of drug-likeness (QED) is 0.599. The molecule has 0 amide bonds. The first kappa shape index (κ1) is 19.7. The maximum atomic E-state index is 12.0. The molecule has 2 heterocycles. The zero-order valence-electron chi connectivity index (χ0n) is 16.4. The zero-order valence-corrected chi connectivity index (χ0v) is 16.4. The number of carbonyl (C=O) groups is 1. The predicted molar refractivity (Wildman–Crippen MR) is 96.0 cm³/mol. The summed E-state index contributed by atoms with van der Waals surface area (Å²) in [5.74, 6) is 0.193. The van der Waals surface area contributed by atoms with E-state index in [-0.39, 0.29) is 5.97 Å². The van der Waals surface area contributed by atoms with Crippen molar-refractivity contribution < 1.29 is 23.6 Å². The van der Waals surface area contributed by atoms with E-state index in [2.05, 4.69) is 4.98 Å². The molecular weight excluding hydrogens is 321 g/mol. The van der Waals surface area contributed by atoms with Gasteiger partial charge in [-0.25, -0.2) is 4.98 Å². The van der Waals surface area contributed by atoms with E-state index >= 15 is 0 Å². The van der Waals surface area contributed by atoms with Gasteiger partial charge in [0.2, 0.25) is 5.88 Å². The Hall–Kier alpha value is -1.60. The van der Waals surface area contributed by atoms with E-state index in [4.69, 9.17) is 18.8 Å². The Morgan fingerprint density at radius 3 is 2.24 bits per heavy atom. The fraction of sp³-hybridized carbons (Fsp3) is 0.667. The zero-order chi connectivity index (χ0) is 19.0. The Morgan fingerprint density at radius 2 is 1.76 bits per heavy atom. The molecule has 0 spiro atoms. The van der Waals surface area contributed by atoms with E-state index in [1.165, 1.54) is 7.11 Å². The van der Waals surface area contributed by atoms with E-state index in [0.29, 0.717) is 12.3 Å². The summed E-state index contributed by atoms with van der Waals surface area (Å²) in [4.78, 5) is 16.3. The van der Waals surface area contributed by atoms with Gasteiger partial charge in [0.1, 0.15) is 0 Å². The Bertz CT molecular complexity index is 641. The molecule has 1 fully saturated rings. The van der Waals surface area contributed by atoms with Crippen molar-refractivity contribution in [3.05, 3.63) is 17.8 Å². The van der Waals surface area contributed by atoms with Gasteiger partial charge in [0.15, 0.2) is 0 Å². The minimum atomic E-state index is -0.655. The molecule has 1 aliphatic heterocycles. The second-order valence-corrected chi connectivity index (χ2v) is 8.08. The number of carbonyl (C=O) groups excluding carboxylic acids is 1. The van der Waals surface area contributed by atoms with Crippen LogP contribution < -0.4 is 10.2 Å². The second kappa shape index (κ2) is 6.61. The first-order valence-electron chi connectivity index (χ1n) is 8.40. The predicted octanol–water partition coefficient (Wildman–Crippen LogP) is 2.13. The highest BCUT2D eigenvalue weighted by molar-refractivity contribution is 6.63. The van der Waals surface area contributed by atoms with Crippen LogP contribution in [0.2, 0.25) is 0 Å². The van der Waals surface area contributed by atoms with Crippen LogP contribution in [0, 0.1) is 5.41 Å². The summed E-state index contributed by atoms with van der Waals surface area (Å²) in [7, 11) is 2.38. The first-order chi connectivity index (χ1) is 11.4. The number of rotatable bonds is 5. The molecule has 0 bridgehead atoms. The van der Waals surface area contributed by atoms with Gasteiger partial charge >= 0.3 is 13.1 Å². The molecule has 138 valence electrons. The van der Waals surface area contributed by atoms with Gasteiger partial charge in [-0.05, 0) is 53.5 Å². The first-order valence-corrected chi connectivity index (χ1v) is 8.40. The molecule has 0 unspecified atom stereocenters. The van der Waals surface area contributed by atoms with Gasteiger partial charge in [-0.15, -0.1) is 0 Å². The minimum Gasteiger partial charge on any atom is -0.481 e. The summed E-state index contributed by atoms with van der Waals surface area (Å²) in [6.45, 7) is 11.7. The van der Waals surface area contributed by atoms with E-state index in [0.717, 1.165) is 11.0 Å². The van der Waals surface area contributed by atoms with Gasteiger partial charge in [-0.1, -0.05) is 6.07 Å². The Balaban J connectivity index is 2.34. The summed E-state index contributed by atoms with van der Waals surface area (Å²) in [5, 5.41) is 0. The number of ether oxygens (including phenoxy) is 2. The topological polar surface area (TPSA) is 66.9 Å². The third-order valence-electron chi connectivity index (χ3n) is 5.02. The van der Waals surface area contributed by atoms with E-state index in [1.807, 2.05) is 47.6 Å². The van der Waals surface area contributed by atoms with Crippen molar-refractivity contribution >= 4 is 18.6 Å².